The summed E-state index contributed by atoms with van der Waals surface area (Å²) >= 11 is 1.60. The number of allylic oxidation sites excluding steroid dienone is 1. The monoisotopic (exact) mass is 430 g/mol. The number of thioether (sulfide) groups is 1. The molecular formula is C22H30N4O3S. The second-order valence-corrected chi connectivity index (χ2v) is 8.48. The predicted octanol–water partition coefficient (Wildman–Crippen LogP) is 4.81. The van der Waals surface area contributed by atoms with Crippen molar-refractivity contribution in [3.8, 4) is 5.75 Å². The van der Waals surface area contributed by atoms with E-state index in [1.54, 1.807) is 16.4 Å². The minimum absolute atomic E-state index is 0.224. The Balaban J connectivity index is 2.12. The van der Waals surface area contributed by atoms with E-state index in [1.165, 1.54) is 0 Å². The van der Waals surface area contributed by atoms with Crippen LogP contribution in [-0.2, 0) is 9.53 Å². The van der Waals surface area contributed by atoms with Crippen molar-refractivity contribution in [3.05, 3.63) is 41.1 Å². The summed E-state index contributed by atoms with van der Waals surface area (Å²) in [7, 11) is 0. The highest BCUT2D eigenvalue weighted by atomic mass is 32.2. The first-order valence-electron chi connectivity index (χ1n) is 10.5. The number of benzene rings is 1. The Hall–Kier alpha value is -2.48. The quantitative estimate of drug-likeness (QED) is 0.452. The fourth-order valence-electron chi connectivity index (χ4n) is 3.27. The number of nitrogens with zero attached hydrogens (tertiary/aromatic N) is 3. The number of fused-ring (bicyclic) bond motifs is 1. The summed E-state index contributed by atoms with van der Waals surface area (Å²) in [5.41, 5.74) is 2.09. The summed E-state index contributed by atoms with van der Waals surface area (Å²) in [5, 5.41) is 8.64. The Morgan fingerprint density at radius 3 is 2.73 bits per heavy atom. The van der Waals surface area contributed by atoms with E-state index in [9.17, 15) is 4.79 Å². The van der Waals surface area contributed by atoms with Crippen molar-refractivity contribution >= 4 is 23.7 Å². The van der Waals surface area contributed by atoms with Gasteiger partial charge in [0.2, 0.25) is 11.1 Å². The van der Waals surface area contributed by atoms with E-state index in [0.29, 0.717) is 29.0 Å². The molecule has 3 rings (SSSR count). The zero-order valence-corrected chi connectivity index (χ0v) is 19.1. The molecule has 30 heavy (non-hydrogen) atoms. The number of carbonyl (C=O) groups is 1. The molecule has 2 heterocycles. The largest absolute Gasteiger partial charge is 0.493 e. The van der Waals surface area contributed by atoms with Crippen LogP contribution >= 0.6 is 11.8 Å². The molecule has 1 aromatic heterocycles. The van der Waals surface area contributed by atoms with Crippen molar-refractivity contribution in [1.29, 1.82) is 0 Å². The molecule has 1 aromatic carbocycles. The zero-order valence-electron chi connectivity index (χ0n) is 18.3. The Morgan fingerprint density at radius 1 is 1.27 bits per heavy atom. The van der Waals surface area contributed by atoms with Crippen molar-refractivity contribution in [2.45, 2.75) is 64.8 Å². The fraction of sp³-hybridized carbons (Fsp3) is 0.500. The maximum absolute atomic E-state index is 13.1. The van der Waals surface area contributed by atoms with Crippen molar-refractivity contribution < 1.29 is 14.3 Å². The van der Waals surface area contributed by atoms with Gasteiger partial charge in [0.1, 0.15) is 11.8 Å². The van der Waals surface area contributed by atoms with E-state index in [0.717, 1.165) is 29.9 Å². The smallest absolute Gasteiger partial charge is 0.338 e. The Morgan fingerprint density at radius 2 is 2.03 bits per heavy atom. The van der Waals surface area contributed by atoms with Gasteiger partial charge in [0, 0.05) is 17.0 Å². The number of hydrogen-bond donors (Lipinski definition) is 1. The van der Waals surface area contributed by atoms with E-state index < -0.39 is 6.04 Å². The minimum atomic E-state index is -0.482. The molecule has 0 saturated carbocycles. The summed E-state index contributed by atoms with van der Waals surface area (Å²) in [6, 6.07) is 7.30. The lowest BCUT2D eigenvalue weighted by molar-refractivity contribution is -0.143. The lowest BCUT2D eigenvalue weighted by atomic mass is 9.95. The normalized spacial score (nSPS) is 15.7. The second-order valence-electron chi connectivity index (χ2n) is 7.42. The average molecular weight is 431 g/mol. The molecular weight excluding hydrogens is 400 g/mol. The summed E-state index contributed by atoms with van der Waals surface area (Å²) in [6.45, 7) is 10.3. The van der Waals surface area contributed by atoms with Gasteiger partial charge in [0.15, 0.2) is 0 Å². The molecule has 0 amide bonds. The van der Waals surface area contributed by atoms with Crippen LogP contribution in [0.15, 0.2) is 40.7 Å². The number of carbonyl (C=O) groups excluding carboxylic acids is 1. The zero-order chi connectivity index (χ0) is 21.7. The van der Waals surface area contributed by atoms with Gasteiger partial charge in [-0.1, -0.05) is 43.8 Å². The van der Waals surface area contributed by atoms with Crippen LogP contribution < -0.4 is 10.1 Å². The van der Waals surface area contributed by atoms with Gasteiger partial charge >= 0.3 is 5.97 Å². The maximum atomic E-state index is 13.1. The van der Waals surface area contributed by atoms with Crippen molar-refractivity contribution in [1.82, 2.24) is 14.8 Å². The highest BCUT2D eigenvalue weighted by Crippen LogP contribution is 2.40. The van der Waals surface area contributed by atoms with Crippen LogP contribution in [0.1, 0.15) is 59.1 Å². The van der Waals surface area contributed by atoms with E-state index >= 15 is 0 Å². The fourth-order valence-corrected chi connectivity index (χ4v) is 3.95. The van der Waals surface area contributed by atoms with Gasteiger partial charge in [-0.05, 0) is 39.7 Å². The number of rotatable bonds is 9. The SMILES string of the molecule is CCCOc1ccccc1C1C(C(=O)OC(C)C)=C(C)Nc2nc(SCCC)nn21. The van der Waals surface area contributed by atoms with Crippen LogP contribution in [0.3, 0.4) is 0 Å². The molecule has 0 aliphatic carbocycles. The van der Waals surface area contributed by atoms with E-state index in [4.69, 9.17) is 14.6 Å². The molecule has 1 N–H and O–H groups in total. The standard InChI is InChI=1S/C22H30N4O3S/c1-6-12-28-17-11-9-8-10-16(17)19-18(20(27)29-14(3)4)15(5)23-21-24-22(25-26(19)21)30-13-7-2/h8-11,14,19H,6-7,12-13H2,1-5H3,(H,23,24,25). The molecule has 7 nitrogen and oxygen atoms in total. The number of esters is 1. The summed E-state index contributed by atoms with van der Waals surface area (Å²) in [6.07, 6.45) is 1.70. The van der Waals surface area contributed by atoms with Gasteiger partial charge in [0.25, 0.3) is 0 Å². The molecule has 1 unspecified atom stereocenters. The van der Waals surface area contributed by atoms with Crippen LogP contribution in [0.2, 0.25) is 0 Å². The van der Waals surface area contributed by atoms with Crippen LogP contribution in [0.25, 0.3) is 0 Å². The molecule has 1 atom stereocenters. The summed E-state index contributed by atoms with van der Waals surface area (Å²) in [5.74, 6) is 1.91. The lowest BCUT2D eigenvalue weighted by Gasteiger charge is -2.29. The predicted molar refractivity (Wildman–Crippen MR) is 119 cm³/mol. The Labute approximate surface area is 182 Å². The topological polar surface area (TPSA) is 78.3 Å². The van der Waals surface area contributed by atoms with Crippen molar-refractivity contribution in [3.63, 3.8) is 0 Å². The molecule has 0 radical (unpaired) electrons. The highest BCUT2D eigenvalue weighted by molar-refractivity contribution is 7.99. The second kappa shape index (κ2) is 10.0. The summed E-state index contributed by atoms with van der Waals surface area (Å²) < 4.78 is 13.4. The number of nitrogens with one attached hydrogen (secondary N) is 1. The minimum Gasteiger partial charge on any atom is -0.493 e. The van der Waals surface area contributed by atoms with Gasteiger partial charge in [-0.25, -0.2) is 9.48 Å². The third-order valence-electron chi connectivity index (χ3n) is 4.51. The van der Waals surface area contributed by atoms with Crippen LogP contribution in [0.5, 0.6) is 5.75 Å². The molecule has 0 fully saturated rings. The van der Waals surface area contributed by atoms with Crippen molar-refractivity contribution in [2.24, 2.45) is 0 Å². The van der Waals surface area contributed by atoms with Crippen molar-refractivity contribution in [2.75, 3.05) is 17.7 Å². The van der Waals surface area contributed by atoms with Crippen LogP contribution in [-0.4, -0.2) is 39.2 Å². The molecule has 0 saturated heterocycles. The van der Waals surface area contributed by atoms with Gasteiger partial charge in [-0.3, -0.25) is 0 Å². The maximum Gasteiger partial charge on any atom is 0.338 e. The number of aromatic nitrogens is 3. The molecule has 0 spiro atoms. The third kappa shape index (κ3) is 4.80. The number of ether oxygens (including phenoxy) is 2. The Kier molecular flexibility index (Phi) is 7.42. The Bertz CT molecular complexity index is 923. The van der Waals surface area contributed by atoms with Gasteiger partial charge < -0.3 is 14.8 Å². The molecule has 1 aliphatic heterocycles. The first-order chi connectivity index (χ1) is 14.5. The van der Waals surface area contributed by atoms with Gasteiger partial charge in [0.05, 0.1) is 18.3 Å². The first-order valence-corrected chi connectivity index (χ1v) is 11.4. The molecule has 162 valence electrons. The first kappa shape index (κ1) is 22.2. The highest BCUT2D eigenvalue weighted by Gasteiger charge is 2.37. The van der Waals surface area contributed by atoms with Crippen LogP contribution in [0.4, 0.5) is 5.95 Å². The van der Waals surface area contributed by atoms with E-state index in [2.05, 4.69) is 24.1 Å². The third-order valence-corrected chi connectivity index (χ3v) is 5.55. The average Bonchev–Trinajstić information content (AvgIpc) is 3.11. The van der Waals surface area contributed by atoms with E-state index in [-0.39, 0.29) is 12.1 Å². The van der Waals surface area contributed by atoms with Gasteiger partial charge in [-0.2, -0.15) is 4.98 Å². The molecule has 1 aliphatic rings. The molecule has 2 aromatic rings. The summed E-state index contributed by atoms with van der Waals surface area (Å²) in [4.78, 5) is 17.7. The lowest BCUT2D eigenvalue weighted by Crippen LogP contribution is -2.31. The number of anilines is 1. The van der Waals surface area contributed by atoms with Crippen LogP contribution in [0, 0.1) is 0 Å². The molecule has 0 bridgehead atoms. The molecule has 8 heteroatoms. The van der Waals surface area contributed by atoms with E-state index in [1.807, 2.05) is 45.0 Å². The number of para-hydroxylation sites is 1. The van der Waals surface area contributed by atoms with Gasteiger partial charge in [-0.15, -0.1) is 5.10 Å². The number of hydrogen-bond acceptors (Lipinski definition) is 7.